The zero-order valence-electron chi connectivity index (χ0n) is 16.0. The molecule has 2 aliphatic heterocycles. The first-order valence-electron chi connectivity index (χ1n) is 9.63. The summed E-state index contributed by atoms with van der Waals surface area (Å²) in [5.74, 6) is -5.66. The molecular weight excluding hydrogens is 384 g/mol. The Morgan fingerprint density at radius 1 is 1.14 bits per heavy atom. The third kappa shape index (κ3) is 1.69. The Bertz CT molecular complexity index is 896. The molecule has 2 heterocycles. The molecule has 9 nitrogen and oxygen atoms in total. The Hall–Kier alpha value is -1.62. The molecule has 5 aliphatic rings. The lowest BCUT2D eigenvalue weighted by Gasteiger charge is -2.69. The zero-order chi connectivity index (χ0) is 21.3. The van der Waals surface area contributed by atoms with Crippen LogP contribution in [0.25, 0.3) is 0 Å². The molecule has 10 atom stereocenters. The average Bonchev–Trinajstić information content (AvgIpc) is 2.98. The van der Waals surface area contributed by atoms with E-state index in [1.54, 1.807) is 13.8 Å². The first-order chi connectivity index (χ1) is 13.4. The molecule has 0 aromatic rings. The minimum atomic E-state index is -2.37. The quantitative estimate of drug-likeness (QED) is 0.230. The molecule has 0 aromatic carbocycles. The first kappa shape index (κ1) is 19.3. The zero-order valence-corrected chi connectivity index (χ0v) is 16.0. The highest BCUT2D eigenvalue weighted by molar-refractivity contribution is 5.96. The third-order valence-electron chi connectivity index (χ3n) is 8.44. The molecule has 1 spiro atoms. The molecule has 0 aromatic heterocycles. The summed E-state index contributed by atoms with van der Waals surface area (Å²) in [4.78, 5) is 25.0. The van der Waals surface area contributed by atoms with Crippen molar-refractivity contribution in [3.63, 3.8) is 0 Å². The number of rotatable bonds is 0. The molecule has 0 amide bonds. The van der Waals surface area contributed by atoms with Crippen LogP contribution in [-0.2, 0) is 19.1 Å². The number of esters is 1. The largest absolute Gasteiger partial charge is 0.460 e. The highest BCUT2D eigenvalue weighted by atomic mass is 16.7. The van der Waals surface area contributed by atoms with E-state index in [0.717, 1.165) is 0 Å². The minimum absolute atomic E-state index is 0.142. The monoisotopic (exact) mass is 408 g/mol. The molecule has 0 unspecified atom stereocenters. The molecule has 29 heavy (non-hydrogen) atoms. The van der Waals surface area contributed by atoms with Crippen LogP contribution in [0, 0.1) is 22.7 Å². The van der Waals surface area contributed by atoms with Gasteiger partial charge in [0.05, 0.1) is 12.0 Å². The van der Waals surface area contributed by atoms with Gasteiger partial charge in [0.2, 0.25) is 5.79 Å². The van der Waals surface area contributed by atoms with Gasteiger partial charge in [-0.05, 0) is 30.9 Å². The average molecular weight is 408 g/mol. The molecular formula is C20H24O9. The Morgan fingerprint density at radius 3 is 2.45 bits per heavy atom. The molecule has 2 saturated carbocycles. The Balaban J connectivity index is 1.85. The number of ether oxygens (including phenoxy) is 2. The maximum Gasteiger partial charge on any atom is 0.338 e. The lowest BCUT2D eigenvalue weighted by molar-refractivity contribution is -0.337. The molecule has 3 aliphatic carbocycles. The van der Waals surface area contributed by atoms with E-state index in [-0.39, 0.29) is 18.6 Å². The number of carbonyl (C=O) groups is 2. The number of ketones is 1. The number of hydrogen-bond acceptors (Lipinski definition) is 9. The fourth-order valence-corrected chi connectivity index (χ4v) is 7.19. The van der Waals surface area contributed by atoms with Crippen LogP contribution in [0.1, 0.15) is 20.3 Å². The van der Waals surface area contributed by atoms with Crippen molar-refractivity contribution >= 4 is 11.8 Å². The van der Waals surface area contributed by atoms with E-state index < -0.39 is 70.2 Å². The lowest BCUT2D eigenvalue weighted by Crippen LogP contribution is -2.82. The number of aliphatic hydroxyl groups is 5. The third-order valence-corrected chi connectivity index (χ3v) is 8.44. The van der Waals surface area contributed by atoms with Gasteiger partial charge in [-0.3, -0.25) is 4.79 Å². The van der Waals surface area contributed by atoms with Gasteiger partial charge < -0.3 is 35.0 Å². The standard InChI is InChI=1S/C20H24O9/c1-7-4-10(21)13(23)17(3)9(7)5-11-18-6-28-20(27,16(17)18)12(22)8(2)19(18,26)14(24)15(25)29-11/h4,9,11-14,16,22-24,26-27H,2,5-6H2,1,3H3/t9-,11+,12+,13+,14-,16-,17+,18+,19-,20+/m0/s1. The van der Waals surface area contributed by atoms with E-state index in [4.69, 9.17) is 9.47 Å². The Kier molecular flexibility index (Phi) is 3.44. The first-order valence-corrected chi connectivity index (χ1v) is 9.63. The Morgan fingerprint density at radius 2 is 1.79 bits per heavy atom. The molecule has 2 saturated heterocycles. The molecule has 0 radical (unpaired) electrons. The van der Waals surface area contributed by atoms with Crippen molar-refractivity contribution in [1.29, 1.82) is 0 Å². The van der Waals surface area contributed by atoms with E-state index >= 15 is 0 Å². The summed E-state index contributed by atoms with van der Waals surface area (Å²) in [6.07, 6.45) is -5.01. The molecule has 2 bridgehead atoms. The van der Waals surface area contributed by atoms with Gasteiger partial charge in [0.25, 0.3) is 0 Å². The van der Waals surface area contributed by atoms with Crippen LogP contribution in [-0.4, -0.2) is 79.7 Å². The highest BCUT2D eigenvalue weighted by Gasteiger charge is 2.87. The second-order valence-corrected chi connectivity index (χ2v) is 9.38. The van der Waals surface area contributed by atoms with E-state index in [9.17, 15) is 35.1 Å². The molecule has 5 N–H and O–H groups in total. The summed E-state index contributed by atoms with van der Waals surface area (Å²) in [7, 11) is 0. The van der Waals surface area contributed by atoms with Crippen molar-refractivity contribution in [2.75, 3.05) is 6.61 Å². The van der Waals surface area contributed by atoms with E-state index in [1.165, 1.54) is 6.08 Å². The van der Waals surface area contributed by atoms with Crippen LogP contribution in [0.2, 0.25) is 0 Å². The number of fused-ring (bicyclic) bond motifs is 1. The lowest BCUT2D eigenvalue weighted by atomic mass is 9.37. The molecule has 9 heteroatoms. The number of carbonyl (C=O) groups excluding carboxylic acids is 2. The summed E-state index contributed by atoms with van der Waals surface area (Å²) in [6.45, 7) is 6.62. The maximum atomic E-state index is 12.5. The van der Waals surface area contributed by atoms with Crippen molar-refractivity contribution in [1.82, 2.24) is 0 Å². The predicted octanol–water partition coefficient (Wildman–Crippen LogP) is -1.83. The van der Waals surface area contributed by atoms with Crippen LogP contribution in [0.4, 0.5) is 0 Å². The van der Waals surface area contributed by atoms with Gasteiger partial charge in [0.15, 0.2) is 11.9 Å². The summed E-state index contributed by atoms with van der Waals surface area (Å²) < 4.78 is 11.1. The summed E-state index contributed by atoms with van der Waals surface area (Å²) in [5, 5.41) is 55.7. The Labute approximate surface area is 166 Å². The van der Waals surface area contributed by atoms with Crippen molar-refractivity contribution in [2.24, 2.45) is 22.7 Å². The smallest absolute Gasteiger partial charge is 0.338 e. The number of aliphatic hydroxyl groups excluding tert-OH is 3. The summed E-state index contributed by atoms with van der Waals surface area (Å²) in [6, 6.07) is 0. The SMILES string of the molecule is C=C1[C@@H](O)[C@@]2(O)OC[C@@]34[C@@H](C[C@H]5C(C)=CC(=O)[C@@H](O)[C@]5(C)[C@H]23)OC(=O)[C@H](O)[C@@]14O. The van der Waals surface area contributed by atoms with Crippen molar-refractivity contribution in [3.05, 3.63) is 23.8 Å². The van der Waals surface area contributed by atoms with Crippen LogP contribution in [0.15, 0.2) is 23.8 Å². The minimum Gasteiger partial charge on any atom is -0.460 e. The van der Waals surface area contributed by atoms with Gasteiger partial charge in [-0.1, -0.05) is 19.1 Å². The maximum absolute atomic E-state index is 12.5. The van der Waals surface area contributed by atoms with Crippen molar-refractivity contribution < 1.29 is 44.6 Å². The molecule has 4 fully saturated rings. The van der Waals surface area contributed by atoms with Gasteiger partial charge in [0.1, 0.15) is 23.9 Å². The fourth-order valence-electron chi connectivity index (χ4n) is 7.19. The topological polar surface area (TPSA) is 154 Å². The van der Waals surface area contributed by atoms with Crippen LogP contribution < -0.4 is 0 Å². The summed E-state index contributed by atoms with van der Waals surface area (Å²) in [5.41, 5.74) is -5.06. The van der Waals surface area contributed by atoms with Crippen LogP contribution in [0.3, 0.4) is 0 Å². The second kappa shape index (κ2) is 5.16. The van der Waals surface area contributed by atoms with Crippen LogP contribution in [0.5, 0.6) is 0 Å². The fraction of sp³-hybridized carbons (Fsp3) is 0.700. The van der Waals surface area contributed by atoms with E-state index in [1.807, 2.05) is 0 Å². The van der Waals surface area contributed by atoms with Gasteiger partial charge in [-0.25, -0.2) is 4.79 Å². The number of allylic oxidation sites excluding steroid dienone is 1. The van der Waals surface area contributed by atoms with Crippen molar-refractivity contribution in [3.8, 4) is 0 Å². The highest BCUT2D eigenvalue weighted by Crippen LogP contribution is 2.74. The van der Waals surface area contributed by atoms with Crippen LogP contribution >= 0.6 is 0 Å². The normalized spacial score (nSPS) is 58.3. The van der Waals surface area contributed by atoms with E-state index in [2.05, 4.69) is 6.58 Å². The predicted molar refractivity (Wildman–Crippen MR) is 93.8 cm³/mol. The van der Waals surface area contributed by atoms with Gasteiger partial charge in [-0.15, -0.1) is 0 Å². The van der Waals surface area contributed by atoms with Crippen molar-refractivity contribution in [2.45, 2.75) is 56.1 Å². The molecule has 158 valence electrons. The summed E-state index contributed by atoms with van der Waals surface area (Å²) >= 11 is 0. The van der Waals surface area contributed by atoms with Gasteiger partial charge >= 0.3 is 5.97 Å². The van der Waals surface area contributed by atoms with Gasteiger partial charge in [-0.2, -0.15) is 0 Å². The molecule has 5 rings (SSSR count). The number of hydrogen-bond donors (Lipinski definition) is 5. The van der Waals surface area contributed by atoms with E-state index in [0.29, 0.717) is 5.57 Å². The van der Waals surface area contributed by atoms with Gasteiger partial charge in [0, 0.05) is 11.3 Å². The second-order valence-electron chi connectivity index (χ2n) is 9.38.